The Bertz CT molecular complexity index is 520. The van der Waals surface area contributed by atoms with E-state index >= 15 is 0 Å². The van der Waals surface area contributed by atoms with Crippen molar-refractivity contribution >= 4 is 20.2 Å². The second-order valence-corrected chi connectivity index (χ2v) is 7.16. The monoisotopic (exact) mass is 358 g/mol. The lowest BCUT2D eigenvalue weighted by atomic mass is 10.1. The van der Waals surface area contributed by atoms with Crippen LogP contribution in [0.5, 0.6) is 0 Å². The highest BCUT2D eigenvalue weighted by Crippen LogP contribution is 2.05. The molecule has 1 aromatic carbocycles. The molecular formula is C12H22O8S2. The van der Waals surface area contributed by atoms with E-state index in [0.717, 1.165) is 11.1 Å². The molecule has 1 aromatic rings. The van der Waals surface area contributed by atoms with Crippen LogP contribution in [0.1, 0.15) is 11.1 Å². The second kappa shape index (κ2) is 11.5. The van der Waals surface area contributed by atoms with Crippen LogP contribution in [0.3, 0.4) is 0 Å². The van der Waals surface area contributed by atoms with E-state index in [2.05, 4.69) is 0 Å². The van der Waals surface area contributed by atoms with Gasteiger partial charge in [0.25, 0.3) is 20.2 Å². The lowest BCUT2D eigenvalue weighted by Gasteiger charge is -2.00. The Balaban J connectivity index is 0. The number of rotatable bonds is 4. The Labute approximate surface area is 130 Å². The van der Waals surface area contributed by atoms with Gasteiger partial charge in [0.1, 0.15) is 0 Å². The summed E-state index contributed by atoms with van der Waals surface area (Å²) in [6, 6.07) is 7.95. The van der Waals surface area contributed by atoms with Crippen molar-refractivity contribution in [3.05, 3.63) is 35.4 Å². The van der Waals surface area contributed by atoms with Crippen molar-refractivity contribution in [1.82, 2.24) is 0 Å². The van der Waals surface area contributed by atoms with Gasteiger partial charge in [0, 0.05) is 13.2 Å². The number of hydrogen-bond donors (Lipinski definition) is 4. The van der Waals surface area contributed by atoms with Crippen LogP contribution in [0.4, 0.5) is 0 Å². The molecule has 0 amide bonds. The molecular weight excluding hydrogens is 336 g/mol. The summed E-state index contributed by atoms with van der Waals surface area (Å²) in [7, 11) is -7.33. The zero-order chi connectivity index (χ0) is 17.8. The van der Waals surface area contributed by atoms with Crippen molar-refractivity contribution in [3.8, 4) is 0 Å². The summed E-state index contributed by atoms with van der Waals surface area (Å²) in [5.41, 5.74) is 2.28. The predicted octanol–water partition coefficient (Wildman–Crippen LogP) is -0.236. The summed E-state index contributed by atoms with van der Waals surface area (Å²) in [5, 5.41) is 17.3. The van der Waals surface area contributed by atoms with Crippen LogP contribution in [-0.4, -0.2) is 61.9 Å². The number of aliphatic hydroxyl groups excluding tert-OH is 2. The molecule has 0 atom stereocenters. The van der Waals surface area contributed by atoms with Gasteiger partial charge in [0.15, 0.2) is 0 Å². The molecule has 0 aliphatic carbocycles. The van der Waals surface area contributed by atoms with Gasteiger partial charge in [-0.15, -0.1) is 0 Å². The van der Waals surface area contributed by atoms with E-state index in [-0.39, 0.29) is 13.2 Å². The summed E-state index contributed by atoms with van der Waals surface area (Å²) in [4.78, 5) is 0. The molecule has 130 valence electrons. The van der Waals surface area contributed by atoms with Crippen LogP contribution in [-0.2, 0) is 33.1 Å². The normalized spacial score (nSPS) is 10.8. The van der Waals surface area contributed by atoms with E-state index in [9.17, 15) is 16.8 Å². The van der Waals surface area contributed by atoms with Crippen molar-refractivity contribution in [2.24, 2.45) is 0 Å². The average molecular weight is 358 g/mol. The van der Waals surface area contributed by atoms with Crippen molar-refractivity contribution in [2.45, 2.75) is 12.8 Å². The third kappa shape index (κ3) is 27.3. The lowest BCUT2D eigenvalue weighted by Crippen LogP contribution is -1.93. The molecule has 0 aromatic heterocycles. The first-order valence-corrected chi connectivity index (χ1v) is 9.71. The minimum Gasteiger partial charge on any atom is -0.396 e. The first-order valence-electron chi connectivity index (χ1n) is 6.01. The fourth-order valence-electron chi connectivity index (χ4n) is 1.13. The van der Waals surface area contributed by atoms with Gasteiger partial charge in [-0.25, -0.2) is 0 Å². The van der Waals surface area contributed by atoms with Gasteiger partial charge in [0.05, 0.1) is 12.5 Å². The molecule has 0 fully saturated rings. The van der Waals surface area contributed by atoms with Gasteiger partial charge in [0.2, 0.25) is 0 Å². The predicted molar refractivity (Wildman–Crippen MR) is 83.0 cm³/mol. The fourth-order valence-corrected chi connectivity index (χ4v) is 1.13. The molecule has 0 unspecified atom stereocenters. The maximum Gasteiger partial charge on any atom is 0.261 e. The van der Waals surface area contributed by atoms with E-state index in [1.807, 2.05) is 24.3 Å². The minimum atomic E-state index is -3.67. The highest BCUT2D eigenvalue weighted by Gasteiger charge is 1.93. The second-order valence-electron chi connectivity index (χ2n) is 4.23. The molecule has 0 heterocycles. The molecule has 0 saturated heterocycles. The van der Waals surface area contributed by atoms with Crippen LogP contribution < -0.4 is 0 Å². The van der Waals surface area contributed by atoms with E-state index in [1.165, 1.54) is 0 Å². The highest BCUT2D eigenvalue weighted by atomic mass is 32.2. The summed E-state index contributed by atoms with van der Waals surface area (Å²) in [6.07, 6.45) is 2.85. The van der Waals surface area contributed by atoms with Crippen LogP contribution in [0.25, 0.3) is 0 Å². The van der Waals surface area contributed by atoms with Gasteiger partial charge < -0.3 is 10.2 Å². The quantitative estimate of drug-likeness (QED) is 0.539. The van der Waals surface area contributed by atoms with E-state index < -0.39 is 20.2 Å². The summed E-state index contributed by atoms with van der Waals surface area (Å²) >= 11 is 0. The van der Waals surface area contributed by atoms with Gasteiger partial charge >= 0.3 is 0 Å². The number of aliphatic hydroxyl groups is 2. The third-order valence-corrected chi connectivity index (χ3v) is 1.82. The smallest absolute Gasteiger partial charge is 0.261 e. The molecule has 8 nitrogen and oxygen atoms in total. The summed E-state index contributed by atoms with van der Waals surface area (Å²) in [5.74, 6) is 0. The summed E-state index contributed by atoms with van der Waals surface area (Å²) in [6.45, 7) is 0.388. The van der Waals surface area contributed by atoms with Crippen LogP contribution in [0.15, 0.2) is 24.3 Å². The minimum absolute atomic E-state index is 0.194. The van der Waals surface area contributed by atoms with Gasteiger partial charge in [-0.1, -0.05) is 24.3 Å². The van der Waals surface area contributed by atoms with Crippen molar-refractivity contribution < 1.29 is 36.2 Å². The molecule has 0 aliphatic rings. The van der Waals surface area contributed by atoms with Crippen LogP contribution >= 0.6 is 0 Å². The van der Waals surface area contributed by atoms with E-state index in [0.29, 0.717) is 25.4 Å². The van der Waals surface area contributed by atoms with Gasteiger partial charge in [-0.05, 0) is 24.0 Å². The molecule has 0 spiro atoms. The molecule has 0 aliphatic heterocycles. The van der Waals surface area contributed by atoms with Crippen LogP contribution in [0.2, 0.25) is 0 Å². The molecule has 0 radical (unpaired) electrons. The zero-order valence-corrected chi connectivity index (χ0v) is 14.0. The molecule has 0 bridgehead atoms. The fraction of sp³-hybridized carbons (Fsp3) is 0.500. The number of hydrogen-bond acceptors (Lipinski definition) is 6. The third-order valence-electron chi connectivity index (χ3n) is 1.82. The molecule has 0 saturated carbocycles. The van der Waals surface area contributed by atoms with Crippen molar-refractivity contribution in [3.63, 3.8) is 0 Å². The Hall–Kier alpha value is -1.04. The standard InChI is InChI=1S/C10H14O2.2CH4O3S/c11-7-5-9-1-2-10(4-3-9)6-8-12;2*1-5(2,3)4/h1-4,11-12H,5-8H2;2*1H3,(H,2,3,4). The van der Waals surface area contributed by atoms with E-state index in [4.69, 9.17) is 19.3 Å². The largest absolute Gasteiger partial charge is 0.396 e. The van der Waals surface area contributed by atoms with Crippen LogP contribution in [0, 0.1) is 0 Å². The lowest BCUT2D eigenvalue weighted by molar-refractivity contribution is 0.298. The average Bonchev–Trinajstić information content (AvgIpc) is 2.28. The Morgan fingerprint density at radius 3 is 1.05 bits per heavy atom. The summed E-state index contributed by atoms with van der Waals surface area (Å²) < 4.78 is 51.7. The first-order chi connectivity index (χ1) is 9.86. The Kier molecular flexibility index (Phi) is 12.2. The van der Waals surface area contributed by atoms with Crippen molar-refractivity contribution in [2.75, 3.05) is 25.7 Å². The van der Waals surface area contributed by atoms with Gasteiger partial charge in [-0.2, -0.15) is 16.8 Å². The van der Waals surface area contributed by atoms with Crippen molar-refractivity contribution in [1.29, 1.82) is 0 Å². The maximum atomic E-state index is 9.19. The topological polar surface area (TPSA) is 149 Å². The zero-order valence-electron chi connectivity index (χ0n) is 12.4. The molecule has 1 rings (SSSR count). The molecule has 10 heteroatoms. The molecule has 4 N–H and O–H groups in total. The maximum absolute atomic E-state index is 9.19. The first kappa shape index (κ1) is 23.2. The van der Waals surface area contributed by atoms with E-state index in [1.54, 1.807) is 0 Å². The molecule has 22 heavy (non-hydrogen) atoms. The SMILES string of the molecule is CS(=O)(=O)O.CS(=O)(=O)O.OCCc1ccc(CCO)cc1. The Morgan fingerprint density at radius 2 is 0.909 bits per heavy atom. The Morgan fingerprint density at radius 1 is 0.727 bits per heavy atom. The highest BCUT2D eigenvalue weighted by molar-refractivity contribution is 7.85. The van der Waals surface area contributed by atoms with Gasteiger partial charge in [-0.3, -0.25) is 9.11 Å². The number of benzene rings is 1.